The van der Waals surface area contributed by atoms with Gasteiger partial charge in [-0.05, 0) is 19.1 Å². The molecular formula is C10H12F3NO. The number of rotatable bonds is 4. The third kappa shape index (κ3) is 3.04. The summed E-state index contributed by atoms with van der Waals surface area (Å²) < 4.78 is 42.1. The van der Waals surface area contributed by atoms with Gasteiger partial charge in [-0.2, -0.15) is 0 Å². The van der Waals surface area contributed by atoms with E-state index < -0.39 is 18.3 Å². The highest BCUT2D eigenvalue weighted by Crippen LogP contribution is 2.26. The maximum atomic E-state index is 12.8. The number of hydrogen-bond acceptors (Lipinski definition) is 2. The monoisotopic (exact) mass is 219 g/mol. The highest BCUT2D eigenvalue weighted by atomic mass is 19.3. The Morgan fingerprint density at radius 2 is 2.00 bits per heavy atom. The van der Waals surface area contributed by atoms with E-state index in [0.717, 1.165) is 6.07 Å². The number of anilines is 1. The largest absolute Gasteiger partial charge is 0.494 e. The van der Waals surface area contributed by atoms with Crippen molar-refractivity contribution in [1.29, 1.82) is 0 Å². The van der Waals surface area contributed by atoms with Crippen LogP contribution >= 0.6 is 0 Å². The smallest absolute Gasteiger partial charge is 0.258 e. The lowest BCUT2D eigenvalue weighted by Crippen LogP contribution is -2.24. The van der Waals surface area contributed by atoms with E-state index in [1.807, 2.05) is 0 Å². The molecule has 15 heavy (non-hydrogen) atoms. The average Bonchev–Trinajstić information content (AvgIpc) is 2.20. The summed E-state index contributed by atoms with van der Waals surface area (Å²) in [5.41, 5.74) is 0.353. The fourth-order valence-corrected chi connectivity index (χ4v) is 1.09. The molecule has 0 saturated heterocycles. The predicted molar refractivity (Wildman–Crippen MR) is 52.0 cm³/mol. The van der Waals surface area contributed by atoms with Gasteiger partial charge in [0, 0.05) is 6.07 Å². The van der Waals surface area contributed by atoms with Crippen LogP contribution in [0, 0.1) is 5.82 Å². The molecule has 0 aromatic heterocycles. The first-order valence-corrected chi connectivity index (χ1v) is 4.43. The molecule has 1 N–H and O–H groups in total. The van der Waals surface area contributed by atoms with Crippen molar-refractivity contribution < 1.29 is 17.9 Å². The quantitative estimate of drug-likeness (QED) is 0.840. The minimum Gasteiger partial charge on any atom is -0.494 e. The lowest BCUT2D eigenvalue weighted by molar-refractivity contribution is 0.130. The van der Waals surface area contributed by atoms with Crippen molar-refractivity contribution in [2.45, 2.75) is 19.4 Å². The van der Waals surface area contributed by atoms with Gasteiger partial charge >= 0.3 is 0 Å². The molecule has 2 nitrogen and oxygen atoms in total. The number of hydrogen-bond donors (Lipinski definition) is 1. The van der Waals surface area contributed by atoms with Crippen LogP contribution in [0.25, 0.3) is 0 Å². The van der Waals surface area contributed by atoms with E-state index in [4.69, 9.17) is 4.74 Å². The second kappa shape index (κ2) is 4.91. The van der Waals surface area contributed by atoms with Gasteiger partial charge in [0.25, 0.3) is 6.43 Å². The Morgan fingerprint density at radius 1 is 1.33 bits per heavy atom. The highest BCUT2D eigenvalue weighted by Gasteiger charge is 2.15. The molecule has 0 fully saturated rings. The van der Waals surface area contributed by atoms with E-state index >= 15 is 0 Å². The zero-order valence-electron chi connectivity index (χ0n) is 8.43. The van der Waals surface area contributed by atoms with E-state index in [2.05, 4.69) is 5.32 Å². The Morgan fingerprint density at radius 3 is 2.53 bits per heavy atom. The first-order valence-electron chi connectivity index (χ1n) is 4.43. The standard InChI is InChI=1S/C10H12F3NO/c1-6(10(12)13)14-8-4-3-7(11)5-9(8)15-2/h3-6,10,14H,1-2H3. The number of halogens is 3. The van der Waals surface area contributed by atoms with Crippen LogP contribution in [-0.4, -0.2) is 19.6 Å². The van der Waals surface area contributed by atoms with Crippen molar-refractivity contribution in [2.24, 2.45) is 0 Å². The van der Waals surface area contributed by atoms with Gasteiger partial charge in [0.1, 0.15) is 11.6 Å². The summed E-state index contributed by atoms with van der Waals surface area (Å²) in [7, 11) is 1.35. The third-order valence-electron chi connectivity index (χ3n) is 1.92. The molecule has 1 rings (SSSR count). The molecule has 0 heterocycles. The number of ether oxygens (including phenoxy) is 1. The number of alkyl halides is 2. The Hall–Kier alpha value is -1.39. The fourth-order valence-electron chi connectivity index (χ4n) is 1.09. The summed E-state index contributed by atoms with van der Waals surface area (Å²) in [4.78, 5) is 0. The molecule has 1 atom stereocenters. The maximum Gasteiger partial charge on any atom is 0.258 e. The Labute approximate surface area is 86.1 Å². The van der Waals surface area contributed by atoms with E-state index in [9.17, 15) is 13.2 Å². The molecule has 0 spiro atoms. The molecule has 1 aromatic rings. The second-order valence-electron chi connectivity index (χ2n) is 3.11. The second-order valence-corrected chi connectivity index (χ2v) is 3.11. The van der Waals surface area contributed by atoms with Gasteiger partial charge in [-0.3, -0.25) is 0 Å². The van der Waals surface area contributed by atoms with Crippen molar-refractivity contribution in [2.75, 3.05) is 12.4 Å². The molecule has 0 aliphatic rings. The maximum absolute atomic E-state index is 12.8. The van der Waals surface area contributed by atoms with E-state index in [-0.39, 0.29) is 5.75 Å². The summed E-state index contributed by atoms with van der Waals surface area (Å²) in [5.74, 6) is -0.260. The fraction of sp³-hybridized carbons (Fsp3) is 0.400. The lowest BCUT2D eigenvalue weighted by atomic mass is 10.2. The first kappa shape index (κ1) is 11.7. The van der Waals surface area contributed by atoms with Gasteiger partial charge in [-0.1, -0.05) is 0 Å². The molecule has 5 heteroatoms. The third-order valence-corrected chi connectivity index (χ3v) is 1.92. The van der Waals surface area contributed by atoms with Gasteiger partial charge in [0.2, 0.25) is 0 Å². The van der Waals surface area contributed by atoms with E-state index in [0.29, 0.717) is 5.69 Å². The molecule has 0 amide bonds. The van der Waals surface area contributed by atoms with Crippen molar-refractivity contribution >= 4 is 5.69 Å². The average molecular weight is 219 g/mol. The van der Waals surface area contributed by atoms with Gasteiger partial charge in [0.05, 0.1) is 18.8 Å². The highest BCUT2D eigenvalue weighted by molar-refractivity contribution is 5.56. The normalized spacial score (nSPS) is 12.7. The summed E-state index contributed by atoms with van der Waals surface area (Å²) >= 11 is 0. The number of methoxy groups -OCH3 is 1. The summed E-state index contributed by atoms with van der Waals surface area (Å²) in [6.07, 6.45) is -2.49. The van der Waals surface area contributed by atoms with Crippen LogP contribution in [0.5, 0.6) is 5.75 Å². The zero-order valence-corrected chi connectivity index (χ0v) is 8.43. The van der Waals surface area contributed by atoms with Crippen LogP contribution in [-0.2, 0) is 0 Å². The SMILES string of the molecule is COc1cc(F)ccc1NC(C)C(F)F. The minimum absolute atomic E-state index is 0.211. The first-order chi connectivity index (χ1) is 7.04. The molecule has 1 aromatic carbocycles. The van der Waals surface area contributed by atoms with Crippen LogP contribution in [0.2, 0.25) is 0 Å². The minimum atomic E-state index is -2.49. The molecule has 0 aliphatic heterocycles. The molecule has 0 radical (unpaired) electrons. The Balaban J connectivity index is 2.84. The molecule has 0 aliphatic carbocycles. The van der Waals surface area contributed by atoms with Crippen LogP contribution in [0.4, 0.5) is 18.9 Å². The van der Waals surface area contributed by atoms with Gasteiger partial charge in [-0.15, -0.1) is 0 Å². The van der Waals surface area contributed by atoms with Crippen LogP contribution in [0.3, 0.4) is 0 Å². The van der Waals surface area contributed by atoms with E-state index in [1.54, 1.807) is 0 Å². The van der Waals surface area contributed by atoms with Crippen molar-refractivity contribution in [3.8, 4) is 5.75 Å². The zero-order chi connectivity index (χ0) is 11.4. The van der Waals surface area contributed by atoms with Gasteiger partial charge < -0.3 is 10.1 Å². The van der Waals surface area contributed by atoms with Crippen LogP contribution in [0.15, 0.2) is 18.2 Å². The van der Waals surface area contributed by atoms with Gasteiger partial charge in [-0.25, -0.2) is 13.2 Å². The van der Waals surface area contributed by atoms with Gasteiger partial charge in [0.15, 0.2) is 0 Å². The molecule has 0 saturated carbocycles. The molecule has 1 unspecified atom stereocenters. The topological polar surface area (TPSA) is 21.3 Å². The summed E-state index contributed by atoms with van der Waals surface area (Å²) in [5, 5.41) is 2.55. The number of nitrogens with one attached hydrogen (secondary N) is 1. The van der Waals surface area contributed by atoms with Crippen LogP contribution < -0.4 is 10.1 Å². The van der Waals surface area contributed by atoms with Crippen molar-refractivity contribution in [3.05, 3.63) is 24.0 Å². The Kier molecular flexibility index (Phi) is 3.82. The van der Waals surface area contributed by atoms with Crippen LogP contribution in [0.1, 0.15) is 6.92 Å². The molecular weight excluding hydrogens is 207 g/mol. The molecule has 0 bridgehead atoms. The summed E-state index contributed by atoms with van der Waals surface area (Å²) in [6.45, 7) is 1.34. The number of benzene rings is 1. The molecule has 84 valence electrons. The Bertz CT molecular complexity index is 330. The van der Waals surface area contributed by atoms with Crippen molar-refractivity contribution in [1.82, 2.24) is 0 Å². The summed E-state index contributed by atoms with van der Waals surface area (Å²) in [6, 6.07) is 2.68. The lowest BCUT2D eigenvalue weighted by Gasteiger charge is -2.16. The predicted octanol–water partition coefficient (Wildman–Crippen LogP) is 2.90. The van der Waals surface area contributed by atoms with E-state index in [1.165, 1.54) is 26.2 Å². The van der Waals surface area contributed by atoms with Crippen molar-refractivity contribution in [3.63, 3.8) is 0 Å².